The summed E-state index contributed by atoms with van der Waals surface area (Å²) in [5.74, 6) is -0.212. The van der Waals surface area contributed by atoms with Gasteiger partial charge in [0.15, 0.2) is 0 Å². The third-order valence-corrected chi connectivity index (χ3v) is 5.96. The second kappa shape index (κ2) is 11.1. The molecule has 1 aliphatic heterocycles. The molecule has 0 radical (unpaired) electrons. The van der Waals surface area contributed by atoms with Crippen LogP contribution in [0.25, 0.3) is 0 Å². The van der Waals surface area contributed by atoms with Crippen LogP contribution in [0.15, 0.2) is 24.3 Å². The van der Waals surface area contributed by atoms with E-state index in [4.69, 9.17) is 4.74 Å². The number of benzene rings is 1. The van der Waals surface area contributed by atoms with Gasteiger partial charge >= 0.3 is 0 Å². The highest BCUT2D eigenvalue weighted by Crippen LogP contribution is 2.22. The molecular formula is C23H35N3O4. The Labute approximate surface area is 179 Å². The van der Waals surface area contributed by atoms with Crippen LogP contribution >= 0.6 is 0 Å². The van der Waals surface area contributed by atoms with Gasteiger partial charge in [0.2, 0.25) is 11.8 Å². The Kier molecular flexibility index (Phi) is 8.84. The molecule has 0 bridgehead atoms. The van der Waals surface area contributed by atoms with Gasteiger partial charge < -0.3 is 20.3 Å². The summed E-state index contributed by atoms with van der Waals surface area (Å²) in [6.45, 7) is 9.11. The number of hydrogen-bond donors (Lipinski definition) is 2. The average molecular weight is 418 g/mol. The summed E-state index contributed by atoms with van der Waals surface area (Å²) in [5.41, 5.74) is 1.43. The molecule has 30 heavy (non-hydrogen) atoms. The van der Waals surface area contributed by atoms with Crippen LogP contribution in [-0.4, -0.2) is 61.5 Å². The first-order valence-corrected chi connectivity index (χ1v) is 10.7. The molecule has 2 rings (SSSR count). The largest absolute Gasteiger partial charge is 0.375 e. The molecule has 1 aliphatic rings. The first-order valence-electron chi connectivity index (χ1n) is 10.7. The zero-order chi connectivity index (χ0) is 22.3. The highest BCUT2D eigenvalue weighted by Gasteiger charge is 2.34. The van der Waals surface area contributed by atoms with Gasteiger partial charge in [-0.15, -0.1) is 0 Å². The Morgan fingerprint density at radius 2 is 1.73 bits per heavy atom. The summed E-state index contributed by atoms with van der Waals surface area (Å²) < 4.78 is 4.94. The van der Waals surface area contributed by atoms with Crippen LogP contribution in [-0.2, 0) is 14.3 Å². The van der Waals surface area contributed by atoms with E-state index in [1.807, 2.05) is 45.9 Å². The van der Waals surface area contributed by atoms with Crippen molar-refractivity contribution < 1.29 is 19.1 Å². The van der Waals surface area contributed by atoms with E-state index in [1.54, 1.807) is 11.0 Å². The number of methoxy groups -OCH3 is 1. The quantitative estimate of drug-likeness (QED) is 0.678. The van der Waals surface area contributed by atoms with Crippen molar-refractivity contribution in [2.24, 2.45) is 11.8 Å². The number of carbonyl (C=O) groups is 3. The van der Waals surface area contributed by atoms with E-state index in [1.165, 1.54) is 7.11 Å². The maximum atomic E-state index is 13.1. The van der Waals surface area contributed by atoms with E-state index >= 15 is 0 Å². The lowest BCUT2D eigenvalue weighted by molar-refractivity contribution is -0.136. The van der Waals surface area contributed by atoms with Crippen molar-refractivity contribution >= 4 is 17.7 Å². The number of nitrogens with zero attached hydrogens (tertiary/aromatic N) is 1. The van der Waals surface area contributed by atoms with Crippen molar-refractivity contribution in [3.63, 3.8) is 0 Å². The molecule has 1 fully saturated rings. The molecular weight excluding hydrogens is 382 g/mol. The predicted octanol–water partition coefficient (Wildman–Crippen LogP) is 2.14. The Hall–Kier alpha value is -2.41. The third kappa shape index (κ3) is 6.29. The molecule has 0 saturated carbocycles. The van der Waals surface area contributed by atoms with E-state index in [0.29, 0.717) is 31.5 Å². The van der Waals surface area contributed by atoms with Crippen LogP contribution in [0.1, 0.15) is 49.5 Å². The van der Waals surface area contributed by atoms with Crippen molar-refractivity contribution in [3.05, 3.63) is 35.4 Å². The molecule has 7 heteroatoms. The van der Waals surface area contributed by atoms with Gasteiger partial charge in [-0.25, -0.2) is 0 Å². The summed E-state index contributed by atoms with van der Waals surface area (Å²) in [7, 11) is 1.50. The van der Waals surface area contributed by atoms with Gasteiger partial charge in [0.05, 0.1) is 0 Å². The van der Waals surface area contributed by atoms with E-state index in [9.17, 15) is 14.4 Å². The summed E-state index contributed by atoms with van der Waals surface area (Å²) in [4.78, 5) is 39.9. The van der Waals surface area contributed by atoms with Gasteiger partial charge in [-0.2, -0.15) is 0 Å². The molecule has 2 N–H and O–H groups in total. The van der Waals surface area contributed by atoms with Crippen molar-refractivity contribution in [2.45, 2.75) is 52.6 Å². The Morgan fingerprint density at radius 3 is 2.30 bits per heavy atom. The number of carbonyl (C=O) groups excluding carboxylic acids is 3. The molecule has 1 aromatic carbocycles. The molecule has 0 aromatic heterocycles. The maximum absolute atomic E-state index is 13.1. The number of ether oxygens (including phenoxy) is 1. The SMILES string of the molecule is COCC(=O)N1CCC(C(NC(=O)c2ccccc2C)C(=O)NC(C)C(C)C)CC1. The van der Waals surface area contributed by atoms with Gasteiger partial charge in [-0.1, -0.05) is 32.0 Å². The minimum absolute atomic E-state index is 0.00117. The molecule has 166 valence electrons. The minimum atomic E-state index is -0.641. The smallest absolute Gasteiger partial charge is 0.252 e. The van der Waals surface area contributed by atoms with E-state index in [2.05, 4.69) is 10.6 Å². The molecule has 3 amide bonds. The van der Waals surface area contributed by atoms with E-state index < -0.39 is 6.04 Å². The number of amides is 3. The van der Waals surface area contributed by atoms with E-state index in [-0.39, 0.29) is 42.2 Å². The first kappa shape index (κ1) is 23.9. The molecule has 2 unspecified atom stereocenters. The lowest BCUT2D eigenvalue weighted by Crippen LogP contribution is -2.55. The molecule has 1 saturated heterocycles. The lowest BCUT2D eigenvalue weighted by Gasteiger charge is -2.36. The zero-order valence-corrected chi connectivity index (χ0v) is 18.7. The van der Waals surface area contributed by atoms with Crippen molar-refractivity contribution in [1.82, 2.24) is 15.5 Å². The number of nitrogens with one attached hydrogen (secondary N) is 2. The highest BCUT2D eigenvalue weighted by molar-refractivity contribution is 5.98. The number of piperidine rings is 1. The van der Waals surface area contributed by atoms with Crippen molar-refractivity contribution in [1.29, 1.82) is 0 Å². The number of rotatable bonds is 8. The fourth-order valence-electron chi connectivity index (χ4n) is 3.62. The van der Waals surface area contributed by atoms with Gasteiger partial charge in [0, 0.05) is 31.8 Å². The molecule has 0 aliphatic carbocycles. The second-order valence-corrected chi connectivity index (χ2v) is 8.46. The number of aryl methyl sites for hydroxylation is 1. The fraction of sp³-hybridized carbons (Fsp3) is 0.609. The zero-order valence-electron chi connectivity index (χ0n) is 18.7. The predicted molar refractivity (Wildman–Crippen MR) is 116 cm³/mol. The minimum Gasteiger partial charge on any atom is -0.375 e. The summed E-state index contributed by atoms with van der Waals surface area (Å²) in [6.07, 6.45) is 1.30. The van der Waals surface area contributed by atoms with Gasteiger partial charge in [-0.05, 0) is 50.2 Å². The van der Waals surface area contributed by atoms with Crippen LogP contribution in [0.3, 0.4) is 0 Å². The molecule has 0 spiro atoms. The standard InChI is InChI=1S/C23H35N3O4/c1-15(2)17(4)24-23(29)21(25-22(28)19-9-7-6-8-16(19)3)18-10-12-26(13-11-18)20(27)14-30-5/h6-9,15,17-18,21H,10-14H2,1-5H3,(H,24,29)(H,25,28). The van der Waals surface area contributed by atoms with Gasteiger partial charge in [0.25, 0.3) is 5.91 Å². The summed E-state index contributed by atoms with van der Waals surface area (Å²) >= 11 is 0. The molecule has 1 aromatic rings. The topological polar surface area (TPSA) is 87.7 Å². The number of hydrogen-bond acceptors (Lipinski definition) is 4. The summed E-state index contributed by atoms with van der Waals surface area (Å²) in [5, 5.41) is 6.03. The Bertz CT molecular complexity index is 742. The fourth-order valence-corrected chi connectivity index (χ4v) is 3.62. The van der Waals surface area contributed by atoms with Gasteiger partial charge in [0.1, 0.15) is 12.6 Å². The van der Waals surface area contributed by atoms with Crippen LogP contribution in [0.2, 0.25) is 0 Å². The maximum Gasteiger partial charge on any atom is 0.252 e. The van der Waals surface area contributed by atoms with Crippen LogP contribution < -0.4 is 10.6 Å². The van der Waals surface area contributed by atoms with E-state index in [0.717, 1.165) is 5.56 Å². The molecule has 1 heterocycles. The van der Waals surface area contributed by atoms with Crippen LogP contribution in [0.4, 0.5) is 0 Å². The van der Waals surface area contributed by atoms with Crippen molar-refractivity contribution in [3.8, 4) is 0 Å². The Morgan fingerprint density at radius 1 is 1.10 bits per heavy atom. The molecule has 2 atom stereocenters. The lowest BCUT2D eigenvalue weighted by atomic mass is 9.88. The third-order valence-electron chi connectivity index (χ3n) is 5.96. The van der Waals surface area contributed by atoms with Crippen molar-refractivity contribution in [2.75, 3.05) is 26.8 Å². The normalized spacial score (nSPS) is 16.8. The monoisotopic (exact) mass is 417 g/mol. The molecule has 7 nitrogen and oxygen atoms in total. The highest BCUT2D eigenvalue weighted by atomic mass is 16.5. The van der Waals surface area contributed by atoms with Gasteiger partial charge in [-0.3, -0.25) is 14.4 Å². The second-order valence-electron chi connectivity index (χ2n) is 8.46. The first-order chi connectivity index (χ1) is 14.2. The van der Waals surface area contributed by atoms with Crippen LogP contribution in [0, 0.1) is 18.8 Å². The van der Waals surface area contributed by atoms with Crippen LogP contribution in [0.5, 0.6) is 0 Å². The summed E-state index contributed by atoms with van der Waals surface area (Å²) in [6, 6.07) is 6.70. The average Bonchev–Trinajstić information content (AvgIpc) is 2.72. The number of likely N-dealkylation sites (tertiary alicyclic amines) is 1. The Balaban J connectivity index is 2.13.